The number of benzene rings is 2. The number of pyridine rings is 1. The van der Waals surface area contributed by atoms with Crippen LogP contribution in [0.25, 0.3) is 10.9 Å². The minimum Gasteiger partial charge on any atom is -0.426 e. The normalized spacial score (nSPS) is 11.6. The fraction of sp³-hybridized carbons (Fsp3) is 0.167. The number of hydrogen-bond donors (Lipinski definition) is 1. The molecule has 0 saturated heterocycles. The molecule has 0 bridgehead atoms. The third-order valence-electron chi connectivity index (χ3n) is 5.17. The summed E-state index contributed by atoms with van der Waals surface area (Å²) in [6.07, 6.45) is 3.59. The molecule has 0 aliphatic rings. The highest BCUT2D eigenvalue weighted by molar-refractivity contribution is 5.76. The monoisotopic (exact) mass is 411 g/mol. The molecule has 1 N–H and O–H groups in total. The number of aromatic amines is 1. The van der Waals surface area contributed by atoms with Gasteiger partial charge in [0.1, 0.15) is 5.75 Å². The zero-order chi connectivity index (χ0) is 21.8. The van der Waals surface area contributed by atoms with Gasteiger partial charge in [-0.05, 0) is 53.9 Å². The van der Waals surface area contributed by atoms with Crippen molar-refractivity contribution >= 4 is 22.3 Å². The molecule has 154 valence electrons. The lowest BCUT2D eigenvalue weighted by atomic mass is 9.98. The molecule has 1 unspecified atom stereocenters. The average Bonchev–Trinajstić information content (AvgIpc) is 2.79. The molecular weight excluding hydrogens is 390 g/mol. The Balaban J connectivity index is 1.49. The summed E-state index contributed by atoms with van der Waals surface area (Å²) in [6.45, 7) is 2.05. The van der Waals surface area contributed by atoms with Gasteiger partial charge in [-0.25, -0.2) is 0 Å². The second kappa shape index (κ2) is 8.67. The maximum Gasteiger partial charge on any atom is 0.302 e. The lowest BCUT2D eigenvalue weighted by Gasteiger charge is -2.20. The van der Waals surface area contributed by atoms with Crippen molar-refractivity contribution in [2.75, 3.05) is 11.9 Å². The quantitative estimate of drug-likeness (QED) is 0.485. The third-order valence-corrected chi connectivity index (χ3v) is 5.17. The number of fused-ring (bicyclic) bond motifs is 1. The lowest BCUT2D eigenvalue weighted by molar-refractivity contribution is 0.443. The summed E-state index contributed by atoms with van der Waals surface area (Å²) in [6, 6.07) is 19.7. The Morgan fingerprint density at radius 3 is 2.45 bits per heavy atom. The first kappa shape index (κ1) is 20.1. The van der Waals surface area contributed by atoms with E-state index in [1.165, 1.54) is 6.20 Å². The zero-order valence-electron chi connectivity index (χ0n) is 17.2. The molecule has 2 heterocycles. The Morgan fingerprint density at radius 1 is 1.10 bits per heavy atom. The number of aromatic nitrogens is 3. The van der Waals surface area contributed by atoms with Crippen LogP contribution in [0.5, 0.6) is 11.8 Å². The van der Waals surface area contributed by atoms with Crippen LogP contribution in [-0.4, -0.2) is 22.0 Å². The van der Waals surface area contributed by atoms with Crippen LogP contribution in [0.15, 0.2) is 71.8 Å². The van der Waals surface area contributed by atoms with E-state index < -0.39 is 0 Å². The van der Waals surface area contributed by atoms with Gasteiger partial charge in [-0.3, -0.25) is 14.8 Å². The van der Waals surface area contributed by atoms with Crippen LogP contribution >= 0.6 is 0 Å². The molecule has 7 nitrogen and oxygen atoms in total. The molecule has 0 fully saturated rings. The predicted octanol–water partition coefficient (Wildman–Crippen LogP) is 4.90. The van der Waals surface area contributed by atoms with Crippen molar-refractivity contribution in [3.05, 3.63) is 82.9 Å². The van der Waals surface area contributed by atoms with E-state index >= 15 is 0 Å². The Kier molecular flexibility index (Phi) is 5.63. The number of nitrogens with one attached hydrogen (secondary N) is 1. The smallest absolute Gasteiger partial charge is 0.302 e. The summed E-state index contributed by atoms with van der Waals surface area (Å²) in [5.74, 6) is 0.774. The molecule has 0 saturated carbocycles. The Bertz CT molecular complexity index is 1290. The summed E-state index contributed by atoms with van der Waals surface area (Å²) in [5, 5.41) is 9.34. The summed E-state index contributed by atoms with van der Waals surface area (Å²) < 4.78 is 5.73. The predicted molar refractivity (Wildman–Crippen MR) is 120 cm³/mol. The summed E-state index contributed by atoms with van der Waals surface area (Å²) >= 11 is 0. The van der Waals surface area contributed by atoms with E-state index in [0.717, 1.165) is 16.9 Å². The maximum absolute atomic E-state index is 12.2. The van der Waals surface area contributed by atoms with E-state index in [9.17, 15) is 4.79 Å². The number of rotatable bonds is 6. The summed E-state index contributed by atoms with van der Waals surface area (Å²) in [7, 11) is 1.99. The molecule has 4 rings (SSSR count). The Morgan fingerprint density at radius 2 is 1.77 bits per heavy atom. The van der Waals surface area contributed by atoms with Crippen LogP contribution < -0.4 is 15.2 Å². The summed E-state index contributed by atoms with van der Waals surface area (Å²) in [4.78, 5) is 25.2. The standard InChI is InChI=1S/C24H21N5O2/c1-16(11-13-25)17-3-5-18(6-4-17)29(2)19-7-9-20(10-8-19)31-24-27-22-15-26-14-12-21(22)23(30)28-24/h3-10,12,14-16H,11H2,1-2H3,(H,27,28,30). The molecule has 4 aromatic rings. The number of H-pyrrole nitrogens is 1. The SMILES string of the molecule is CC(CC#N)c1ccc(N(C)c2ccc(Oc3nc4cnccc4c(=O)[nH]3)cc2)cc1. The van der Waals surface area contributed by atoms with Gasteiger partial charge in [-0.15, -0.1) is 0 Å². The molecule has 0 radical (unpaired) electrons. The molecule has 2 aromatic heterocycles. The largest absolute Gasteiger partial charge is 0.426 e. The highest BCUT2D eigenvalue weighted by Crippen LogP contribution is 2.28. The van der Waals surface area contributed by atoms with Crippen LogP contribution in [0, 0.1) is 11.3 Å². The fourth-order valence-electron chi connectivity index (χ4n) is 3.30. The first-order valence-corrected chi connectivity index (χ1v) is 9.88. The van der Waals surface area contributed by atoms with Gasteiger partial charge < -0.3 is 9.64 Å². The minimum absolute atomic E-state index is 0.119. The van der Waals surface area contributed by atoms with Crippen molar-refractivity contribution in [1.29, 1.82) is 5.26 Å². The number of ether oxygens (including phenoxy) is 1. The van der Waals surface area contributed by atoms with Crippen molar-refractivity contribution in [1.82, 2.24) is 15.0 Å². The number of anilines is 2. The van der Waals surface area contributed by atoms with Gasteiger partial charge in [0.05, 0.1) is 23.2 Å². The number of nitrogens with zero attached hydrogens (tertiary/aromatic N) is 4. The molecule has 31 heavy (non-hydrogen) atoms. The van der Waals surface area contributed by atoms with Crippen LogP contribution in [0.2, 0.25) is 0 Å². The van der Waals surface area contributed by atoms with Gasteiger partial charge in [0, 0.05) is 31.0 Å². The van der Waals surface area contributed by atoms with E-state index in [-0.39, 0.29) is 17.5 Å². The Hall–Kier alpha value is -4.18. The molecule has 0 amide bonds. The van der Waals surface area contributed by atoms with Crippen LogP contribution in [0.3, 0.4) is 0 Å². The van der Waals surface area contributed by atoms with Gasteiger partial charge in [0.15, 0.2) is 0 Å². The number of hydrogen-bond acceptors (Lipinski definition) is 6. The highest BCUT2D eigenvalue weighted by atomic mass is 16.5. The molecular formula is C24H21N5O2. The average molecular weight is 411 g/mol. The van der Waals surface area contributed by atoms with Gasteiger partial charge >= 0.3 is 6.01 Å². The van der Waals surface area contributed by atoms with Gasteiger partial charge in [0.25, 0.3) is 5.56 Å². The Labute approximate surface area is 179 Å². The third kappa shape index (κ3) is 4.38. The van der Waals surface area contributed by atoms with Gasteiger partial charge in [-0.1, -0.05) is 19.1 Å². The maximum atomic E-state index is 12.2. The van der Waals surface area contributed by atoms with Crippen LogP contribution in [0.4, 0.5) is 11.4 Å². The highest BCUT2D eigenvalue weighted by Gasteiger charge is 2.09. The van der Waals surface area contributed by atoms with Crippen LogP contribution in [0.1, 0.15) is 24.8 Å². The van der Waals surface area contributed by atoms with Crippen LogP contribution in [-0.2, 0) is 0 Å². The minimum atomic E-state index is -0.272. The molecule has 0 spiro atoms. The van der Waals surface area contributed by atoms with Crippen molar-refractivity contribution in [2.24, 2.45) is 0 Å². The molecule has 2 aromatic carbocycles. The lowest BCUT2D eigenvalue weighted by Crippen LogP contribution is -2.10. The van der Waals surface area contributed by atoms with Gasteiger partial charge in [-0.2, -0.15) is 10.2 Å². The van der Waals surface area contributed by atoms with E-state index in [1.807, 2.05) is 43.4 Å². The molecule has 0 aliphatic carbocycles. The van der Waals surface area contributed by atoms with E-state index in [4.69, 9.17) is 10.00 Å². The summed E-state index contributed by atoms with van der Waals surface area (Å²) in [5.41, 5.74) is 3.37. The van der Waals surface area contributed by atoms with Crippen molar-refractivity contribution in [3.63, 3.8) is 0 Å². The van der Waals surface area contributed by atoms with E-state index in [1.54, 1.807) is 12.3 Å². The fourth-order valence-corrected chi connectivity index (χ4v) is 3.30. The van der Waals surface area contributed by atoms with Crippen molar-refractivity contribution < 1.29 is 4.74 Å². The molecule has 0 aliphatic heterocycles. The van der Waals surface area contributed by atoms with Gasteiger partial charge in [0.2, 0.25) is 0 Å². The zero-order valence-corrected chi connectivity index (χ0v) is 17.2. The first-order chi connectivity index (χ1) is 15.0. The molecule has 7 heteroatoms. The van der Waals surface area contributed by atoms with Crippen molar-refractivity contribution in [3.8, 4) is 17.8 Å². The first-order valence-electron chi connectivity index (χ1n) is 9.88. The van der Waals surface area contributed by atoms with E-state index in [0.29, 0.717) is 23.1 Å². The number of nitriles is 1. The van der Waals surface area contributed by atoms with Crippen molar-refractivity contribution in [2.45, 2.75) is 19.3 Å². The second-order valence-electron chi connectivity index (χ2n) is 7.27. The molecule has 1 atom stereocenters. The second-order valence-corrected chi connectivity index (χ2v) is 7.27. The van der Waals surface area contributed by atoms with E-state index in [2.05, 4.69) is 45.0 Å². The topological polar surface area (TPSA) is 94.9 Å².